The van der Waals surface area contributed by atoms with Crippen LogP contribution in [0.1, 0.15) is 65.3 Å². The summed E-state index contributed by atoms with van der Waals surface area (Å²) < 4.78 is 17.3. The maximum atomic E-state index is 12.5. The molecule has 0 aliphatic heterocycles. The molecule has 11 nitrogen and oxygen atoms in total. The standard InChI is InChI=1S/C49H48N8O3/c1-5-6-27-45-51-41-30-29-40(50-48(58)55(2)3)33-42(41)56(45)34-35-28-31-43(44(32-35)59-4)60-46(36-19-11-7-12-20-36)47-52-53-54-57(47)49(37-21-13-8-14-22-37,38-23-15-9-16-24-38)39-25-17-10-18-26-39/h7-26,28-33,46H,5-6,27,34H2,1-4H3,(H,50,58). The molecule has 6 aromatic carbocycles. The number of nitrogens with zero attached hydrogens (tertiary/aromatic N) is 7. The van der Waals surface area contributed by atoms with Crippen LogP contribution in [0.4, 0.5) is 10.5 Å². The normalized spacial score (nSPS) is 11.9. The van der Waals surface area contributed by atoms with Crippen LogP contribution >= 0.6 is 0 Å². The molecule has 0 aliphatic rings. The molecule has 1 N–H and O–H groups in total. The summed E-state index contributed by atoms with van der Waals surface area (Å²) in [5, 5.41) is 16.9. The van der Waals surface area contributed by atoms with Crippen LogP contribution in [0.15, 0.2) is 158 Å². The number of benzene rings is 6. The van der Waals surface area contributed by atoms with Gasteiger partial charge in [-0.05, 0) is 69.4 Å². The molecule has 2 aromatic heterocycles. The van der Waals surface area contributed by atoms with Crippen LogP contribution in [0.2, 0.25) is 0 Å². The van der Waals surface area contributed by atoms with Gasteiger partial charge in [-0.3, -0.25) is 0 Å². The first-order valence-corrected chi connectivity index (χ1v) is 20.2. The van der Waals surface area contributed by atoms with Crippen LogP contribution in [0.25, 0.3) is 11.0 Å². The van der Waals surface area contributed by atoms with E-state index in [9.17, 15) is 4.79 Å². The van der Waals surface area contributed by atoms with Crippen molar-refractivity contribution in [3.05, 3.63) is 197 Å². The summed E-state index contributed by atoms with van der Waals surface area (Å²) in [6, 6.07) is 52.6. The summed E-state index contributed by atoms with van der Waals surface area (Å²) >= 11 is 0. The SMILES string of the molecule is CCCCc1nc2ccc(NC(=O)N(C)C)cc2n1Cc1ccc(OC(c2ccccc2)c2nnnn2C(c2ccccc2)(c2ccccc2)c2ccccc2)c(OC)c1. The van der Waals surface area contributed by atoms with Gasteiger partial charge in [-0.1, -0.05) is 141 Å². The first-order valence-electron chi connectivity index (χ1n) is 20.2. The van der Waals surface area contributed by atoms with Crippen molar-refractivity contribution < 1.29 is 14.3 Å². The Morgan fingerprint density at radius 3 is 1.97 bits per heavy atom. The molecule has 60 heavy (non-hydrogen) atoms. The summed E-state index contributed by atoms with van der Waals surface area (Å²) in [7, 11) is 5.09. The van der Waals surface area contributed by atoms with E-state index in [1.165, 1.54) is 4.90 Å². The van der Waals surface area contributed by atoms with Gasteiger partial charge in [-0.2, -0.15) is 0 Å². The Hall–Kier alpha value is -7.27. The zero-order chi connectivity index (χ0) is 41.5. The third-order valence-corrected chi connectivity index (χ3v) is 10.8. The van der Waals surface area contributed by atoms with Gasteiger partial charge in [0.25, 0.3) is 0 Å². The smallest absolute Gasteiger partial charge is 0.321 e. The van der Waals surface area contributed by atoms with Crippen LogP contribution in [-0.4, -0.2) is 61.9 Å². The van der Waals surface area contributed by atoms with Crippen molar-refractivity contribution in [1.29, 1.82) is 0 Å². The van der Waals surface area contributed by atoms with Crippen LogP contribution in [0.3, 0.4) is 0 Å². The Balaban J connectivity index is 1.22. The number of methoxy groups -OCH3 is 1. The van der Waals surface area contributed by atoms with E-state index in [1.807, 2.05) is 120 Å². The number of ether oxygens (including phenoxy) is 2. The molecule has 0 saturated heterocycles. The lowest BCUT2D eigenvalue weighted by molar-refractivity contribution is 0.212. The number of hydrogen-bond acceptors (Lipinski definition) is 7. The zero-order valence-electron chi connectivity index (χ0n) is 34.3. The van der Waals surface area contributed by atoms with Crippen molar-refractivity contribution in [2.45, 2.75) is 44.4 Å². The van der Waals surface area contributed by atoms with E-state index >= 15 is 0 Å². The molecule has 8 rings (SSSR count). The third-order valence-electron chi connectivity index (χ3n) is 10.8. The third kappa shape index (κ3) is 7.81. The lowest BCUT2D eigenvalue weighted by Crippen LogP contribution is -2.41. The molecule has 0 aliphatic carbocycles. The number of rotatable bonds is 15. The van der Waals surface area contributed by atoms with E-state index in [1.54, 1.807) is 21.2 Å². The summed E-state index contributed by atoms with van der Waals surface area (Å²) in [6.07, 6.45) is 2.13. The second-order valence-electron chi connectivity index (χ2n) is 14.9. The fourth-order valence-corrected chi connectivity index (χ4v) is 7.80. The number of aromatic nitrogens is 6. The Morgan fingerprint density at radius 1 is 0.767 bits per heavy atom. The highest BCUT2D eigenvalue weighted by atomic mass is 16.5. The number of hydrogen-bond donors (Lipinski definition) is 1. The summed E-state index contributed by atoms with van der Waals surface area (Å²) in [6.45, 7) is 2.71. The molecule has 0 saturated carbocycles. The van der Waals surface area contributed by atoms with Crippen molar-refractivity contribution in [1.82, 2.24) is 34.7 Å². The van der Waals surface area contributed by atoms with Gasteiger partial charge < -0.3 is 24.3 Å². The van der Waals surface area contributed by atoms with E-state index in [0.29, 0.717) is 29.6 Å². The molecular weight excluding hydrogens is 749 g/mol. The summed E-state index contributed by atoms with van der Waals surface area (Å²) in [4.78, 5) is 19.1. The van der Waals surface area contributed by atoms with Crippen LogP contribution in [0, 0.1) is 0 Å². The summed E-state index contributed by atoms with van der Waals surface area (Å²) in [5.41, 5.74) is 6.37. The average molecular weight is 797 g/mol. The van der Waals surface area contributed by atoms with Crippen molar-refractivity contribution in [2.24, 2.45) is 0 Å². The average Bonchev–Trinajstić information content (AvgIpc) is 3.91. The number of tetrazole rings is 1. The number of imidazole rings is 1. The highest BCUT2D eigenvalue weighted by Gasteiger charge is 2.43. The van der Waals surface area contributed by atoms with Crippen molar-refractivity contribution >= 4 is 22.8 Å². The number of amides is 2. The molecule has 11 heteroatoms. The second kappa shape index (κ2) is 17.7. The van der Waals surface area contributed by atoms with E-state index < -0.39 is 11.6 Å². The van der Waals surface area contributed by atoms with E-state index in [-0.39, 0.29) is 6.03 Å². The lowest BCUT2D eigenvalue weighted by atomic mass is 9.77. The van der Waals surface area contributed by atoms with Crippen LogP contribution < -0.4 is 14.8 Å². The van der Waals surface area contributed by atoms with Gasteiger partial charge in [-0.15, -0.1) is 5.10 Å². The van der Waals surface area contributed by atoms with Crippen molar-refractivity contribution in [2.75, 3.05) is 26.5 Å². The number of anilines is 1. The maximum absolute atomic E-state index is 12.5. The molecule has 2 heterocycles. The minimum Gasteiger partial charge on any atom is -0.493 e. The predicted molar refractivity (Wildman–Crippen MR) is 234 cm³/mol. The van der Waals surface area contributed by atoms with Gasteiger partial charge in [0.05, 0.1) is 18.1 Å². The van der Waals surface area contributed by atoms with E-state index in [2.05, 4.69) is 64.5 Å². The number of carbonyl (C=O) groups is 1. The van der Waals surface area contributed by atoms with Crippen molar-refractivity contribution in [3.8, 4) is 11.5 Å². The Bertz CT molecular complexity index is 2570. The summed E-state index contributed by atoms with van der Waals surface area (Å²) in [5.74, 6) is 2.58. The topological polar surface area (TPSA) is 112 Å². The zero-order valence-corrected chi connectivity index (χ0v) is 34.3. The highest BCUT2D eigenvalue weighted by molar-refractivity contribution is 5.92. The fraction of sp³-hybridized carbons (Fsp3) is 0.204. The number of aryl methyl sites for hydroxylation is 1. The van der Waals surface area contributed by atoms with Gasteiger partial charge in [0.15, 0.2) is 23.4 Å². The monoisotopic (exact) mass is 796 g/mol. The minimum absolute atomic E-state index is 0.194. The van der Waals surface area contributed by atoms with E-state index in [0.717, 1.165) is 63.9 Å². The molecule has 2 amide bonds. The van der Waals surface area contributed by atoms with Gasteiger partial charge in [0.2, 0.25) is 0 Å². The number of carbonyl (C=O) groups excluding carboxylic acids is 1. The molecule has 0 spiro atoms. The number of nitrogens with one attached hydrogen (secondary N) is 1. The molecular formula is C49H48N8O3. The quantitative estimate of drug-likeness (QED) is 0.103. The number of urea groups is 1. The molecule has 1 unspecified atom stereocenters. The first kappa shape index (κ1) is 39.6. The first-order chi connectivity index (χ1) is 29.4. The molecule has 8 aromatic rings. The van der Waals surface area contributed by atoms with Gasteiger partial charge in [-0.25, -0.2) is 14.5 Å². The maximum Gasteiger partial charge on any atom is 0.321 e. The van der Waals surface area contributed by atoms with Gasteiger partial charge >= 0.3 is 6.03 Å². The predicted octanol–water partition coefficient (Wildman–Crippen LogP) is 9.52. The molecule has 302 valence electrons. The largest absolute Gasteiger partial charge is 0.493 e. The molecule has 0 bridgehead atoms. The van der Waals surface area contributed by atoms with Crippen LogP contribution in [-0.2, 0) is 18.5 Å². The highest BCUT2D eigenvalue weighted by Crippen LogP contribution is 2.43. The lowest BCUT2D eigenvalue weighted by Gasteiger charge is -2.37. The van der Waals surface area contributed by atoms with Gasteiger partial charge in [0.1, 0.15) is 11.4 Å². The Kier molecular flexibility index (Phi) is 11.7. The molecule has 0 radical (unpaired) electrons. The second-order valence-corrected chi connectivity index (χ2v) is 14.9. The van der Waals surface area contributed by atoms with E-state index in [4.69, 9.17) is 24.8 Å². The van der Waals surface area contributed by atoms with Crippen molar-refractivity contribution in [3.63, 3.8) is 0 Å². The molecule has 1 atom stereocenters. The fourth-order valence-electron chi connectivity index (χ4n) is 7.80. The minimum atomic E-state index is -0.967. The molecule has 0 fully saturated rings. The van der Waals surface area contributed by atoms with Crippen LogP contribution in [0.5, 0.6) is 11.5 Å². The van der Waals surface area contributed by atoms with Gasteiger partial charge in [0, 0.05) is 38.3 Å². The number of fused-ring (bicyclic) bond motifs is 1. The Morgan fingerprint density at radius 2 is 1.38 bits per heavy atom. The Labute approximate surface area is 350 Å². The number of unbranched alkanes of at least 4 members (excludes halogenated alkanes) is 1.